The van der Waals surface area contributed by atoms with Gasteiger partial charge in [-0.1, -0.05) is 60.9 Å². The van der Waals surface area contributed by atoms with Gasteiger partial charge in [0.2, 0.25) is 21.8 Å². The van der Waals surface area contributed by atoms with Crippen molar-refractivity contribution in [1.29, 1.82) is 0 Å². The van der Waals surface area contributed by atoms with E-state index in [1.807, 2.05) is 64.1 Å². The van der Waals surface area contributed by atoms with Crippen LogP contribution in [0.4, 0.5) is 5.69 Å². The minimum Gasteiger partial charge on any atom is -0.354 e. The van der Waals surface area contributed by atoms with E-state index >= 15 is 0 Å². The Kier molecular flexibility index (Phi) is 9.67. The first-order chi connectivity index (χ1) is 15.9. The molecule has 1 N–H and O–H groups in total. The summed E-state index contributed by atoms with van der Waals surface area (Å²) >= 11 is 0. The standard InChI is InChI=1S/C26H37N3O4S/c1-7-8-14-27-26(31)22(5)28(17-23-11-9-10-19(2)16-23)25(30)18-29(34(6,32)33)24-13-12-20(3)15-21(24)4/h9-13,15-16,22H,7-8,14,17-18H2,1-6H3,(H,27,31)/t22-/m0/s1. The maximum atomic E-state index is 13.6. The average molecular weight is 488 g/mol. The summed E-state index contributed by atoms with van der Waals surface area (Å²) in [6.45, 7) is 9.77. The fourth-order valence-electron chi connectivity index (χ4n) is 3.81. The molecule has 0 saturated heterocycles. The molecule has 0 aromatic heterocycles. The quantitative estimate of drug-likeness (QED) is 0.490. The van der Waals surface area contributed by atoms with Crippen LogP contribution in [0.1, 0.15) is 48.9 Å². The number of amides is 2. The fourth-order valence-corrected chi connectivity index (χ4v) is 4.71. The van der Waals surface area contributed by atoms with Gasteiger partial charge in [-0.15, -0.1) is 0 Å². The highest BCUT2D eigenvalue weighted by atomic mass is 32.2. The van der Waals surface area contributed by atoms with Gasteiger partial charge in [-0.3, -0.25) is 13.9 Å². The highest BCUT2D eigenvalue weighted by Gasteiger charge is 2.30. The Morgan fingerprint density at radius 1 is 1.03 bits per heavy atom. The Labute approximate surface area is 204 Å². The predicted molar refractivity (Wildman–Crippen MR) is 137 cm³/mol. The summed E-state index contributed by atoms with van der Waals surface area (Å²) in [6, 6.07) is 12.4. The van der Waals surface area contributed by atoms with E-state index < -0.39 is 22.0 Å². The van der Waals surface area contributed by atoms with E-state index in [2.05, 4.69) is 5.32 Å². The molecule has 0 fully saturated rings. The van der Waals surface area contributed by atoms with Crippen molar-refractivity contribution >= 4 is 27.5 Å². The largest absolute Gasteiger partial charge is 0.354 e. The maximum Gasteiger partial charge on any atom is 0.244 e. The van der Waals surface area contributed by atoms with Gasteiger partial charge in [0, 0.05) is 13.1 Å². The molecule has 0 bridgehead atoms. The van der Waals surface area contributed by atoms with Crippen molar-refractivity contribution in [1.82, 2.24) is 10.2 Å². The number of sulfonamides is 1. The highest BCUT2D eigenvalue weighted by Crippen LogP contribution is 2.24. The second-order valence-electron chi connectivity index (χ2n) is 8.89. The lowest BCUT2D eigenvalue weighted by Crippen LogP contribution is -2.51. The third-order valence-corrected chi connectivity index (χ3v) is 6.86. The Balaban J connectivity index is 2.38. The number of benzene rings is 2. The molecule has 7 nitrogen and oxygen atoms in total. The zero-order valence-electron chi connectivity index (χ0n) is 21.1. The normalized spacial score (nSPS) is 12.2. The lowest BCUT2D eigenvalue weighted by Gasteiger charge is -2.32. The minimum absolute atomic E-state index is 0.202. The van der Waals surface area contributed by atoms with Crippen molar-refractivity contribution in [3.63, 3.8) is 0 Å². The van der Waals surface area contributed by atoms with Gasteiger partial charge in [-0.25, -0.2) is 8.42 Å². The van der Waals surface area contributed by atoms with Gasteiger partial charge in [0.1, 0.15) is 12.6 Å². The zero-order valence-corrected chi connectivity index (χ0v) is 21.9. The Morgan fingerprint density at radius 2 is 1.71 bits per heavy atom. The number of nitrogens with one attached hydrogen (secondary N) is 1. The molecule has 186 valence electrons. The number of anilines is 1. The first-order valence-corrected chi connectivity index (χ1v) is 13.5. The topological polar surface area (TPSA) is 86.8 Å². The molecule has 0 unspecified atom stereocenters. The van der Waals surface area contributed by atoms with Crippen LogP contribution >= 0.6 is 0 Å². The van der Waals surface area contributed by atoms with Crippen LogP contribution in [-0.2, 0) is 26.2 Å². The van der Waals surface area contributed by atoms with Crippen LogP contribution in [0.2, 0.25) is 0 Å². The molecule has 2 rings (SSSR count). The Bertz CT molecular complexity index is 1110. The van der Waals surface area contributed by atoms with E-state index in [9.17, 15) is 18.0 Å². The summed E-state index contributed by atoms with van der Waals surface area (Å²) in [5.74, 6) is -0.697. The average Bonchev–Trinajstić information content (AvgIpc) is 2.75. The highest BCUT2D eigenvalue weighted by molar-refractivity contribution is 7.92. The van der Waals surface area contributed by atoms with E-state index in [4.69, 9.17) is 0 Å². The van der Waals surface area contributed by atoms with Gasteiger partial charge in [0.15, 0.2) is 0 Å². The number of hydrogen-bond acceptors (Lipinski definition) is 4. The van der Waals surface area contributed by atoms with Crippen LogP contribution in [0.5, 0.6) is 0 Å². The molecule has 0 aliphatic carbocycles. The number of aryl methyl sites for hydroxylation is 3. The van der Waals surface area contributed by atoms with Crippen molar-refractivity contribution in [3.05, 3.63) is 64.7 Å². The molecular weight excluding hydrogens is 450 g/mol. The lowest BCUT2D eigenvalue weighted by molar-refractivity contribution is -0.139. The van der Waals surface area contributed by atoms with E-state index in [1.165, 1.54) is 4.90 Å². The third kappa shape index (κ3) is 7.58. The second kappa shape index (κ2) is 12.0. The molecule has 2 aromatic carbocycles. The Hall–Kier alpha value is -2.87. The summed E-state index contributed by atoms with van der Waals surface area (Å²) in [5.41, 5.74) is 4.13. The summed E-state index contributed by atoms with van der Waals surface area (Å²) in [7, 11) is -3.74. The van der Waals surface area contributed by atoms with E-state index in [1.54, 1.807) is 13.0 Å². The molecule has 2 amide bonds. The number of nitrogens with zero attached hydrogens (tertiary/aromatic N) is 2. The molecule has 0 heterocycles. The monoisotopic (exact) mass is 487 g/mol. The molecule has 0 spiro atoms. The molecule has 2 aromatic rings. The summed E-state index contributed by atoms with van der Waals surface area (Å²) in [4.78, 5) is 27.8. The Morgan fingerprint density at radius 3 is 2.29 bits per heavy atom. The van der Waals surface area contributed by atoms with Crippen molar-refractivity contribution in [2.45, 2.75) is 60.0 Å². The first kappa shape index (κ1) is 27.4. The number of carbonyl (C=O) groups is 2. The SMILES string of the molecule is CCCCNC(=O)[C@H](C)N(Cc1cccc(C)c1)C(=O)CN(c1ccc(C)cc1C)S(C)(=O)=O. The minimum atomic E-state index is -3.74. The van der Waals surface area contributed by atoms with Crippen LogP contribution in [0, 0.1) is 20.8 Å². The zero-order chi connectivity index (χ0) is 25.5. The van der Waals surface area contributed by atoms with Crippen LogP contribution in [-0.4, -0.2) is 50.5 Å². The van der Waals surface area contributed by atoms with Gasteiger partial charge < -0.3 is 10.2 Å². The van der Waals surface area contributed by atoms with Crippen molar-refractivity contribution in [2.24, 2.45) is 0 Å². The molecule has 34 heavy (non-hydrogen) atoms. The van der Waals surface area contributed by atoms with Gasteiger partial charge in [-0.2, -0.15) is 0 Å². The van der Waals surface area contributed by atoms with E-state index in [0.717, 1.165) is 45.7 Å². The summed E-state index contributed by atoms with van der Waals surface area (Å²) < 4.78 is 26.5. The maximum absolute atomic E-state index is 13.6. The molecule has 0 aliphatic heterocycles. The molecular formula is C26H37N3O4S. The van der Waals surface area contributed by atoms with Crippen molar-refractivity contribution in [2.75, 3.05) is 23.7 Å². The number of rotatable bonds is 11. The molecule has 0 aliphatic rings. The summed E-state index contributed by atoms with van der Waals surface area (Å²) in [6.07, 6.45) is 2.88. The molecule has 8 heteroatoms. The van der Waals surface area contributed by atoms with Crippen molar-refractivity contribution < 1.29 is 18.0 Å². The lowest BCUT2D eigenvalue weighted by atomic mass is 10.1. The van der Waals surface area contributed by atoms with Crippen LogP contribution in [0.3, 0.4) is 0 Å². The van der Waals surface area contributed by atoms with Crippen LogP contribution < -0.4 is 9.62 Å². The van der Waals surface area contributed by atoms with Gasteiger partial charge in [0.25, 0.3) is 0 Å². The van der Waals surface area contributed by atoms with Gasteiger partial charge in [0.05, 0.1) is 11.9 Å². The molecule has 0 saturated carbocycles. The van der Waals surface area contributed by atoms with E-state index in [-0.39, 0.29) is 19.0 Å². The number of hydrogen-bond donors (Lipinski definition) is 1. The number of unbranched alkanes of at least 4 members (excludes halogenated alkanes) is 1. The van der Waals surface area contributed by atoms with Gasteiger partial charge >= 0.3 is 0 Å². The van der Waals surface area contributed by atoms with Crippen molar-refractivity contribution in [3.8, 4) is 0 Å². The molecule has 0 radical (unpaired) electrons. The van der Waals surface area contributed by atoms with Gasteiger partial charge in [-0.05, 0) is 51.3 Å². The van der Waals surface area contributed by atoms with Crippen LogP contribution in [0.25, 0.3) is 0 Å². The fraction of sp³-hybridized carbons (Fsp3) is 0.462. The second-order valence-corrected chi connectivity index (χ2v) is 10.8. The number of carbonyl (C=O) groups excluding carboxylic acids is 2. The first-order valence-electron chi connectivity index (χ1n) is 11.6. The molecule has 1 atom stereocenters. The predicted octanol–water partition coefficient (Wildman–Crippen LogP) is 3.71. The smallest absolute Gasteiger partial charge is 0.244 e. The summed E-state index contributed by atoms with van der Waals surface area (Å²) in [5, 5.41) is 2.88. The van der Waals surface area contributed by atoms with Crippen LogP contribution in [0.15, 0.2) is 42.5 Å². The van der Waals surface area contributed by atoms with E-state index in [0.29, 0.717) is 12.2 Å². The third-order valence-electron chi connectivity index (χ3n) is 5.73.